The van der Waals surface area contributed by atoms with Gasteiger partial charge in [-0.2, -0.15) is 4.98 Å². The highest BCUT2D eigenvalue weighted by Gasteiger charge is 2.55. The van der Waals surface area contributed by atoms with Gasteiger partial charge in [0.25, 0.3) is 0 Å². The van der Waals surface area contributed by atoms with Crippen LogP contribution in [-0.4, -0.2) is 39.2 Å². The number of likely N-dealkylation sites (tertiary alicyclic amines) is 1. The van der Waals surface area contributed by atoms with E-state index in [1.54, 1.807) is 0 Å². The number of carboxylic acid groups (broad SMARTS) is 1. The Morgan fingerprint density at radius 3 is 3.05 bits per heavy atom. The molecule has 2 heterocycles. The molecule has 2 fully saturated rings. The van der Waals surface area contributed by atoms with Gasteiger partial charge in [0.1, 0.15) is 0 Å². The molecular weight excluding hydrogens is 258 g/mol. The second-order valence-corrected chi connectivity index (χ2v) is 6.06. The molecule has 0 radical (unpaired) electrons. The van der Waals surface area contributed by atoms with E-state index in [2.05, 4.69) is 15.0 Å². The normalized spacial score (nSPS) is 31.4. The zero-order chi connectivity index (χ0) is 14.3. The molecule has 6 heteroatoms. The van der Waals surface area contributed by atoms with Crippen molar-refractivity contribution in [3.63, 3.8) is 0 Å². The number of fused-ring (bicyclic) bond motifs is 1. The van der Waals surface area contributed by atoms with Crippen molar-refractivity contribution in [3.8, 4) is 0 Å². The predicted molar refractivity (Wildman–Crippen MR) is 71.1 cm³/mol. The summed E-state index contributed by atoms with van der Waals surface area (Å²) in [6, 6.07) is -0.00961. The molecule has 2 aliphatic rings. The molecule has 3 atom stereocenters. The lowest BCUT2D eigenvalue weighted by Gasteiger charge is -2.25. The Morgan fingerprint density at radius 2 is 2.45 bits per heavy atom. The molecule has 0 amide bonds. The first-order valence-corrected chi connectivity index (χ1v) is 7.36. The molecule has 1 saturated carbocycles. The lowest BCUT2D eigenvalue weighted by molar-refractivity contribution is -0.149. The number of carbonyl (C=O) groups is 1. The van der Waals surface area contributed by atoms with E-state index in [0.29, 0.717) is 18.3 Å². The van der Waals surface area contributed by atoms with E-state index in [1.165, 1.54) is 0 Å². The van der Waals surface area contributed by atoms with Crippen molar-refractivity contribution in [2.24, 2.45) is 11.3 Å². The standard InChI is InChI=1S/C14H21N3O3/c1-3-11-15-12(20-16-11)9(2)17-7-10-5-4-6-14(10,8-17)13(18)19/h9-10H,3-8H2,1-2H3,(H,18,19)/t9?,10-,14+/m0/s1. The molecule has 1 aliphatic carbocycles. The maximum Gasteiger partial charge on any atom is 0.311 e. The summed E-state index contributed by atoms with van der Waals surface area (Å²) in [5.74, 6) is 0.923. The molecule has 1 aromatic rings. The lowest BCUT2D eigenvalue weighted by atomic mass is 9.81. The van der Waals surface area contributed by atoms with Gasteiger partial charge < -0.3 is 9.63 Å². The molecule has 1 N–H and O–H groups in total. The summed E-state index contributed by atoms with van der Waals surface area (Å²) in [6.45, 7) is 5.41. The van der Waals surface area contributed by atoms with Crippen molar-refractivity contribution in [3.05, 3.63) is 11.7 Å². The average molecular weight is 279 g/mol. The van der Waals surface area contributed by atoms with E-state index in [9.17, 15) is 9.90 Å². The second-order valence-electron chi connectivity index (χ2n) is 6.06. The van der Waals surface area contributed by atoms with Crippen molar-refractivity contribution >= 4 is 5.97 Å². The van der Waals surface area contributed by atoms with Gasteiger partial charge in [0, 0.05) is 19.5 Å². The van der Waals surface area contributed by atoms with Crippen LogP contribution in [-0.2, 0) is 11.2 Å². The molecule has 0 spiro atoms. The van der Waals surface area contributed by atoms with Crippen molar-refractivity contribution in [2.45, 2.75) is 45.6 Å². The molecule has 0 bridgehead atoms. The fraction of sp³-hybridized carbons (Fsp3) is 0.786. The number of hydrogen-bond donors (Lipinski definition) is 1. The monoisotopic (exact) mass is 279 g/mol. The number of aliphatic carboxylic acids is 1. The minimum Gasteiger partial charge on any atom is -0.481 e. The molecule has 20 heavy (non-hydrogen) atoms. The second kappa shape index (κ2) is 4.84. The molecule has 110 valence electrons. The molecule has 1 aromatic heterocycles. The summed E-state index contributed by atoms with van der Waals surface area (Å²) in [4.78, 5) is 18.2. The lowest BCUT2D eigenvalue weighted by Crippen LogP contribution is -2.36. The number of rotatable bonds is 4. The molecule has 3 rings (SSSR count). The van der Waals surface area contributed by atoms with E-state index in [1.807, 2.05) is 13.8 Å². The summed E-state index contributed by atoms with van der Waals surface area (Å²) < 4.78 is 5.30. The predicted octanol–water partition coefficient (Wildman–Crippen LogP) is 1.88. The van der Waals surface area contributed by atoms with Crippen LogP contribution in [0.5, 0.6) is 0 Å². The van der Waals surface area contributed by atoms with Gasteiger partial charge in [-0.25, -0.2) is 0 Å². The van der Waals surface area contributed by atoms with Crippen LogP contribution in [0, 0.1) is 11.3 Å². The summed E-state index contributed by atoms with van der Waals surface area (Å²) in [5.41, 5.74) is -0.554. The van der Waals surface area contributed by atoms with Crippen molar-refractivity contribution in [1.29, 1.82) is 0 Å². The summed E-state index contributed by atoms with van der Waals surface area (Å²) in [7, 11) is 0. The summed E-state index contributed by atoms with van der Waals surface area (Å²) in [6.07, 6.45) is 3.58. The van der Waals surface area contributed by atoms with Gasteiger partial charge in [0.05, 0.1) is 11.5 Å². The highest BCUT2D eigenvalue weighted by molar-refractivity contribution is 5.76. The van der Waals surface area contributed by atoms with Gasteiger partial charge >= 0.3 is 5.97 Å². The van der Waals surface area contributed by atoms with Gasteiger partial charge in [0.15, 0.2) is 5.82 Å². The van der Waals surface area contributed by atoms with Crippen LogP contribution in [0.4, 0.5) is 0 Å². The van der Waals surface area contributed by atoms with Crippen LogP contribution in [0.15, 0.2) is 4.52 Å². The van der Waals surface area contributed by atoms with E-state index in [0.717, 1.165) is 32.2 Å². The number of carboxylic acids is 1. The van der Waals surface area contributed by atoms with Gasteiger partial charge in [-0.3, -0.25) is 9.69 Å². The molecule has 1 aliphatic heterocycles. The fourth-order valence-corrected chi connectivity index (χ4v) is 3.71. The third-order valence-corrected chi connectivity index (χ3v) is 5.03. The summed E-state index contributed by atoms with van der Waals surface area (Å²) >= 11 is 0. The maximum atomic E-state index is 11.7. The number of aryl methyl sites for hydroxylation is 1. The quantitative estimate of drug-likeness (QED) is 0.906. The first-order chi connectivity index (χ1) is 9.56. The summed E-state index contributed by atoms with van der Waals surface area (Å²) in [5, 5.41) is 13.5. The van der Waals surface area contributed by atoms with E-state index in [-0.39, 0.29) is 12.0 Å². The minimum absolute atomic E-state index is 0.00961. The van der Waals surface area contributed by atoms with Gasteiger partial charge in [-0.15, -0.1) is 0 Å². The molecule has 6 nitrogen and oxygen atoms in total. The van der Waals surface area contributed by atoms with Crippen LogP contribution in [0.1, 0.15) is 50.9 Å². The van der Waals surface area contributed by atoms with Crippen molar-refractivity contribution in [1.82, 2.24) is 15.0 Å². The highest BCUT2D eigenvalue weighted by atomic mass is 16.5. The fourth-order valence-electron chi connectivity index (χ4n) is 3.71. The topological polar surface area (TPSA) is 79.5 Å². The van der Waals surface area contributed by atoms with Crippen LogP contribution in [0.25, 0.3) is 0 Å². The Bertz CT molecular complexity index is 516. The maximum absolute atomic E-state index is 11.7. The van der Waals surface area contributed by atoms with Crippen LogP contribution in [0.2, 0.25) is 0 Å². The Morgan fingerprint density at radius 1 is 1.65 bits per heavy atom. The van der Waals surface area contributed by atoms with Crippen LogP contribution >= 0.6 is 0 Å². The smallest absolute Gasteiger partial charge is 0.311 e. The third-order valence-electron chi connectivity index (χ3n) is 5.03. The molecule has 1 unspecified atom stereocenters. The average Bonchev–Trinajstić information content (AvgIpc) is 3.11. The zero-order valence-corrected chi connectivity index (χ0v) is 12.0. The highest BCUT2D eigenvalue weighted by Crippen LogP contribution is 2.50. The Balaban J connectivity index is 1.78. The van der Waals surface area contributed by atoms with Gasteiger partial charge in [-0.1, -0.05) is 18.5 Å². The molecule has 0 aromatic carbocycles. The Kier molecular flexibility index (Phi) is 3.28. The third kappa shape index (κ3) is 1.93. The van der Waals surface area contributed by atoms with E-state index < -0.39 is 11.4 Å². The largest absolute Gasteiger partial charge is 0.481 e. The molecular formula is C14H21N3O3. The Labute approximate surface area is 118 Å². The van der Waals surface area contributed by atoms with Crippen LogP contribution in [0.3, 0.4) is 0 Å². The zero-order valence-electron chi connectivity index (χ0n) is 12.0. The van der Waals surface area contributed by atoms with Crippen molar-refractivity contribution in [2.75, 3.05) is 13.1 Å². The van der Waals surface area contributed by atoms with E-state index >= 15 is 0 Å². The molecule has 1 saturated heterocycles. The number of hydrogen-bond acceptors (Lipinski definition) is 5. The van der Waals surface area contributed by atoms with Crippen LogP contribution < -0.4 is 0 Å². The first kappa shape index (κ1) is 13.5. The number of nitrogens with zero attached hydrogens (tertiary/aromatic N) is 3. The van der Waals surface area contributed by atoms with E-state index in [4.69, 9.17) is 4.52 Å². The Hall–Kier alpha value is -1.43. The minimum atomic E-state index is -0.644. The SMILES string of the molecule is CCc1noc(C(C)N2C[C@@H]3CCC[C@@]3(C(=O)O)C2)n1. The number of aromatic nitrogens is 2. The van der Waals surface area contributed by atoms with Crippen molar-refractivity contribution < 1.29 is 14.4 Å². The van der Waals surface area contributed by atoms with Gasteiger partial charge in [0.2, 0.25) is 5.89 Å². The first-order valence-electron chi connectivity index (χ1n) is 7.36. The van der Waals surface area contributed by atoms with Gasteiger partial charge in [-0.05, 0) is 25.7 Å².